The van der Waals surface area contributed by atoms with Gasteiger partial charge >= 0.3 is 0 Å². The van der Waals surface area contributed by atoms with Crippen molar-refractivity contribution in [2.75, 3.05) is 23.7 Å². The Hall–Kier alpha value is -3.64. The minimum atomic E-state index is -0.642. The number of hydrogen-bond acceptors (Lipinski definition) is 5. The Labute approximate surface area is 225 Å². The maximum absolute atomic E-state index is 13.2. The molecule has 1 aliphatic carbocycles. The topological polar surface area (TPSA) is 102 Å². The first-order valence-electron chi connectivity index (χ1n) is 13.6. The molecule has 1 atom stereocenters. The van der Waals surface area contributed by atoms with Crippen molar-refractivity contribution in [3.8, 4) is 0 Å². The van der Waals surface area contributed by atoms with Crippen molar-refractivity contribution in [3.63, 3.8) is 0 Å². The molecule has 198 valence electrons. The van der Waals surface area contributed by atoms with Crippen LogP contribution in [0.25, 0.3) is 0 Å². The first-order chi connectivity index (χ1) is 18.2. The molecule has 0 bridgehead atoms. The van der Waals surface area contributed by atoms with Crippen LogP contribution >= 0.6 is 0 Å². The Morgan fingerprint density at radius 2 is 1.61 bits per heavy atom. The molecular formula is C32H38N4O2. The average Bonchev–Trinajstić information content (AvgIpc) is 3.77. The zero-order chi connectivity index (χ0) is 26.9. The van der Waals surface area contributed by atoms with Crippen molar-refractivity contribution in [1.29, 1.82) is 5.41 Å². The van der Waals surface area contributed by atoms with Gasteiger partial charge in [-0.25, -0.2) is 0 Å². The van der Waals surface area contributed by atoms with E-state index < -0.39 is 5.60 Å². The molecule has 5 N–H and O–H groups in total. The molecule has 0 aromatic heterocycles. The highest BCUT2D eigenvalue weighted by Gasteiger charge is 2.34. The SMILES string of the molecule is CC(C)(O)C1CCN(c2ccc(C(=N)c3cc(C(=O)NC(c4ccccc4)C4CC4)ccc3N)cc2)CC1. The van der Waals surface area contributed by atoms with Gasteiger partial charge in [-0.15, -0.1) is 0 Å². The van der Waals surface area contributed by atoms with Gasteiger partial charge in [-0.05, 0) is 87.3 Å². The Kier molecular flexibility index (Phi) is 7.26. The number of nitrogen functional groups attached to an aromatic ring is 1. The Morgan fingerprint density at radius 1 is 0.974 bits per heavy atom. The van der Waals surface area contributed by atoms with Gasteiger partial charge in [0, 0.05) is 41.2 Å². The lowest BCUT2D eigenvalue weighted by molar-refractivity contribution is 0.00651. The number of benzene rings is 3. The molecule has 2 aliphatic rings. The zero-order valence-corrected chi connectivity index (χ0v) is 22.3. The molecule has 1 heterocycles. The van der Waals surface area contributed by atoms with Gasteiger partial charge in [0.1, 0.15) is 0 Å². The van der Waals surface area contributed by atoms with E-state index in [0.29, 0.717) is 34.4 Å². The number of nitrogens with zero attached hydrogens (tertiary/aromatic N) is 1. The van der Waals surface area contributed by atoms with Crippen LogP contribution in [0, 0.1) is 17.2 Å². The fourth-order valence-electron chi connectivity index (χ4n) is 5.54. The van der Waals surface area contributed by atoms with E-state index in [-0.39, 0.29) is 11.9 Å². The zero-order valence-electron chi connectivity index (χ0n) is 22.3. The predicted molar refractivity (Wildman–Crippen MR) is 154 cm³/mol. The highest BCUT2D eigenvalue weighted by Crippen LogP contribution is 2.41. The van der Waals surface area contributed by atoms with Gasteiger partial charge < -0.3 is 21.1 Å². The van der Waals surface area contributed by atoms with Crippen LogP contribution in [0.1, 0.15) is 72.6 Å². The van der Waals surface area contributed by atoms with Crippen molar-refractivity contribution >= 4 is 23.0 Å². The molecule has 1 amide bonds. The molecule has 0 radical (unpaired) electrons. The quantitative estimate of drug-likeness (QED) is 0.236. The lowest BCUT2D eigenvalue weighted by Gasteiger charge is -2.38. The molecule has 1 saturated heterocycles. The molecule has 1 saturated carbocycles. The smallest absolute Gasteiger partial charge is 0.251 e. The van der Waals surface area contributed by atoms with E-state index >= 15 is 0 Å². The van der Waals surface area contributed by atoms with E-state index in [2.05, 4.69) is 22.3 Å². The second-order valence-corrected chi connectivity index (χ2v) is 11.3. The summed E-state index contributed by atoms with van der Waals surface area (Å²) in [4.78, 5) is 15.6. The van der Waals surface area contributed by atoms with E-state index in [0.717, 1.165) is 55.6 Å². The highest BCUT2D eigenvalue weighted by atomic mass is 16.3. The molecule has 0 spiro atoms. The summed E-state index contributed by atoms with van der Waals surface area (Å²) in [7, 11) is 0. The molecule has 6 nitrogen and oxygen atoms in total. The van der Waals surface area contributed by atoms with Crippen molar-refractivity contribution in [2.45, 2.75) is 51.2 Å². The van der Waals surface area contributed by atoms with Gasteiger partial charge in [0.15, 0.2) is 0 Å². The van der Waals surface area contributed by atoms with Crippen LogP contribution in [0.5, 0.6) is 0 Å². The minimum absolute atomic E-state index is 0.00906. The van der Waals surface area contributed by atoms with Gasteiger partial charge in [0.2, 0.25) is 0 Å². The number of amides is 1. The summed E-state index contributed by atoms with van der Waals surface area (Å²) in [6.45, 7) is 5.60. The van der Waals surface area contributed by atoms with Crippen molar-refractivity contribution in [1.82, 2.24) is 5.32 Å². The van der Waals surface area contributed by atoms with Crippen molar-refractivity contribution in [3.05, 3.63) is 95.1 Å². The minimum Gasteiger partial charge on any atom is -0.398 e. The summed E-state index contributed by atoms with van der Waals surface area (Å²) in [5, 5.41) is 22.4. The third-order valence-electron chi connectivity index (χ3n) is 8.14. The molecule has 38 heavy (non-hydrogen) atoms. The summed E-state index contributed by atoms with van der Waals surface area (Å²) in [5.41, 5.74) is 10.5. The molecule has 2 fully saturated rings. The number of carbonyl (C=O) groups is 1. The summed E-state index contributed by atoms with van der Waals surface area (Å²) < 4.78 is 0. The number of piperidine rings is 1. The normalized spacial score (nSPS) is 17.2. The number of hydrogen-bond donors (Lipinski definition) is 4. The van der Waals surface area contributed by atoms with Crippen LogP contribution in [0.4, 0.5) is 11.4 Å². The second-order valence-electron chi connectivity index (χ2n) is 11.3. The first kappa shape index (κ1) is 26.0. The summed E-state index contributed by atoms with van der Waals surface area (Å²) >= 11 is 0. The highest BCUT2D eigenvalue weighted by molar-refractivity contribution is 6.15. The molecule has 5 rings (SSSR count). The largest absolute Gasteiger partial charge is 0.398 e. The Bertz CT molecular complexity index is 1290. The van der Waals surface area contributed by atoms with E-state index in [9.17, 15) is 9.90 Å². The van der Waals surface area contributed by atoms with E-state index in [1.54, 1.807) is 18.2 Å². The number of anilines is 2. The number of carbonyl (C=O) groups excluding carboxylic acids is 1. The fraction of sp³-hybridized carbons (Fsp3) is 0.375. The van der Waals surface area contributed by atoms with Crippen LogP contribution in [-0.4, -0.2) is 35.4 Å². The van der Waals surface area contributed by atoms with Crippen LogP contribution in [0.3, 0.4) is 0 Å². The third kappa shape index (κ3) is 5.76. The number of rotatable bonds is 8. The first-order valence-corrected chi connectivity index (χ1v) is 13.6. The standard InChI is InChI=1S/C32H38N4O2/c1-32(2,38)25-16-18-36(19-17-25)26-13-10-21(11-14-26)29(34)27-20-24(12-15-28(27)33)31(37)35-30(23-8-9-23)22-6-4-3-5-7-22/h3-7,10-15,20,23,25,30,34,38H,8-9,16-19,33H2,1-2H3,(H,35,37). The summed E-state index contributed by atoms with van der Waals surface area (Å²) in [6.07, 6.45) is 4.15. The molecule has 1 unspecified atom stereocenters. The lowest BCUT2D eigenvalue weighted by Crippen LogP contribution is -2.41. The predicted octanol–water partition coefficient (Wildman–Crippen LogP) is 5.55. The van der Waals surface area contributed by atoms with Gasteiger partial charge in [0.05, 0.1) is 17.4 Å². The average molecular weight is 511 g/mol. The lowest BCUT2D eigenvalue weighted by atomic mass is 9.83. The van der Waals surface area contributed by atoms with Crippen molar-refractivity contribution in [2.24, 2.45) is 11.8 Å². The Balaban J connectivity index is 1.28. The number of aliphatic hydroxyl groups is 1. The molecule has 1 aliphatic heterocycles. The maximum Gasteiger partial charge on any atom is 0.251 e. The van der Waals surface area contributed by atoms with Crippen LogP contribution in [0.2, 0.25) is 0 Å². The van der Waals surface area contributed by atoms with Gasteiger partial charge in [-0.1, -0.05) is 42.5 Å². The van der Waals surface area contributed by atoms with E-state index in [1.807, 2.05) is 56.3 Å². The molecule has 6 heteroatoms. The summed E-state index contributed by atoms with van der Waals surface area (Å²) in [6, 6.07) is 23.3. The monoisotopic (exact) mass is 510 g/mol. The molecule has 3 aromatic rings. The van der Waals surface area contributed by atoms with Crippen molar-refractivity contribution < 1.29 is 9.90 Å². The molecular weight excluding hydrogens is 472 g/mol. The van der Waals surface area contributed by atoms with Crippen LogP contribution in [0.15, 0.2) is 72.8 Å². The number of nitrogens with one attached hydrogen (secondary N) is 2. The maximum atomic E-state index is 13.2. The fourth-order valence-corrected chi connectivity index (χ4v) is 5.54. The van der Waals surface area contributed by atoms with Crippen LogP contribution < -0.4 is 16.0 Å². The number of nitrogens with two attached hydrogens (primary N) is 1. The van der Waals surface area contributed by atoms with E-state index in [4.69, 9.17) is 11.1 Å². The third-order valence-corrected chi connectivity index (χ3v) is 8.14. The van der Waals surface area contributed by atoms with Gasteiger partial charge in [0.25, 0.3) is 5.91 Å². The second kappa shape index (κ2) is 10.6. The molecule has 3 aromatic carbocycles. The summed E-state index contributed by atoms with van der Waals surface area (Å²) in [5.74, 6) is 0.628. The van der Waals surface area contributed by atoms with Gasteiger partial charge in [-0.3, -0.25) is 10.2 Å². The van der Waals surface area contributed by atoms with Gasteiger partial charge in [-0.2, -0.15) is 0 Å². The Morgan fingerprint density at radius 3 is 2.21 bits per heavy atom. The van der Waals surface area contributed by atoms with Crippen LogP contribution in [-0.2, 0) is 0 Å². The van der Waals surface area contributed by atoms with E-state index in [1.165, 1.54) is 0 Å².